The summed E-state index contributed by atoms with van der Waals surface area (Å²) in [5, 5.41) is 25.4. The molecule has 3 heterocycles. The van der Waals surface area contributed by atoms with E-state index in [1.54, 1.807) is 0 Å². The van der Waals surface area contributed by atoms with Crippen LogP contribution in [0, 0.1) is 0 Å². The number of β-lactam (4-membered cyclic amide) rings is 1. The lowest BCUT2D eigenvalue weighted by molar-refractivity contribution is -0.150. The molecule has 1 aromatic heterocycles. The van der Waals surface area contributed by atoms with Crippen molar-refractivity contribution in [3.8, 4) is 0 Å². The highest BCUT2D eigenvalue weighted by Gasteiger charge is 2.54. The molecule has 5 N–H and O–H groups in total. The Balaban J connectivity index is 1.77. The molecule has 32 heavy (non-hydrogen) atoms. The monoisotopic (exact) mass is 501 g/mol. The Kier molecular flexibility index (Phi) is 7.63. The lowest BCUT2D eigenvalue weighted by atomic mass is 10.0. The number of thioether (sulfide) groups is 2. The number of carboxylic acids is 2. The maximum Gasteiger partial charge on any atom is 0.353 e. The van der Waals surface area contributed by atoms with Gasteiger partial charge in [-0.15, -0.1) is 34.9 Å². The van der Waals surface area contributed by atoms with Crippen molar-refractivity contribution in [1.29, 1.82) is 0 Å². The molecule has 0 saturated carbocycles. The molecule has 1 unspecified atom stereocenters. The molecule has 2 amide bonds. The van der Waals surface area contributed by atoms with E-state index in [4.69, 9.17) is 10.8 Å². The molecule has 15 heteroatoms. The Labute approximate surface area is 194 Å². The number of nitrogens with two attached hydrogens (primary N) is 1. The van der Waals surface area contributed by atoms with Gasteiger partial charge < -0.3 is 26.1 Å². The average molecular weight is 502 g/mol. The minimum Gasteiger partial charge on any atom is -0.479 e. The van der Waals surface area contributed by atoms with Crippen LogP contribution in [-0.4, -0.2) is 79.1 Å². The summed E-state index contributed by atoms with van der Waals surface area (Å²) in [4.78, 5) is 58.4. The second-order valence-electron chi connectivity index (χ2n) is 6.46. The summed E-state index contributed by atoms with van der Waals surface area (Å²) >= 11 is 3.78. The smallest absolute Gasteiger partial charge is 0.353 e. The number of aromatic nitrogens is 1. The highest BCUT2D eigenvalue weighted by molar-refractivity contribution is 8.06. The number of thiazole rings is 1. The van der Waals surface area contributed by atoms with Gasteiger partial charge in [0.25, 0.3) is 11.8 Å². The van der Waals surface area contributed by atoms with E-state index in [0.717, 1.165) is 23.5 Å². The molecule has 172 valence electrons. The second kappa shape index (κ2) is 10.2. The molecule has 0 aliphatic carbocycles. The number of aliphatic carboxylic acids is 2. The van der Waals surface area contributed by atoms with Crippen LogP contribution in [0.5, 0.6) is 0 Å². The van der Waals surface area contributed by atoms with Crippen molar-refractivity contribution >= 4 is 69.5 Å². The Morgan fingerprint density at radius 3 is 2.78 bits per heavy atom. The number of rotatable bonds is 10. The maximum atomic E-state index is 12.8. The minimum atomic E-state index is -1.29. The third-order valence-corrected chi connectivity index (χ3v) is 7.66. The summed E-state index contributed by atoms with van der Waals surface area (Å²) in [5.74, 6) is -2.75. The highest BCUT2D eigenvalue weighted by Crippen LogP contribution is 2.43. The largest absolute Gasteiger partial charge is 0.479 e. The van der Waals surface area contributed by atoms with Crippen LogP contribution in [0.15, 0.2) is 21.1 Å². The first-order chi connectivity index (χ1) is 15.2. The topological polar surface area (TPSA) is 185 Å². The van der Waals surface area contributed by atoms with E-state index in [1.807, 2.05) is 6.92 Å². The number of nitrogens with one attached hydrogen (secondary N) is 1. The first kappa shape index (κ1) is 23.9. The van der Waals surface area contributed by atoms with E-state index in [1.165, 1.54) is 33.8 Å². The molecule has 0 bridgehead atoms. The fourth-order valence-electron chi connectivity index (χ4n) is 2.89. The van der Waals surface area contributed by atoms with Crippen LogP contribution in [0.25, 0.3) is 0 Å². The highest BCUT2D eigenvalue weighted by atomic mass is 32.2. The summed E-state index contributed by atoms with van der Waals surface area (Å²) in [6.07, 6.45) is 0.856. The van der Waals surface area contributed by atoms with Gasteiger partial charge in [0.15, 0.2) is 10.8 Å². The molecule has 2 aliphatic heterocycles. The Bertz CT molecular complexity index is 1010. The Hall–Kier alpha value is -2.78. The zero-order chi connectivity index (χ0) is 23.4. The number of hydrogen-bond acceptors (Lipinski definition) is 11. The summed E-state index contributed by atoms with van der Waals surface area (Å²) in [6, 6.07) is -0.986. The van der Waals surface area contributed by atoms with Crippen molar-refractivity contribution in [3.63, 3.8) is 0 Å². The van der Waals surface area contributed by atoms with Gasteiger partial charge in [0.2, 0.25) is 6.61 Å². The van der Waals surface area contributed by atoms with Gasteiger partial charge in [-0.2, -0.15) is 0 Å². The third kappa shape index (κ3) is 4.99. The van der Waals surface area contributed by atoms with Gasteiger partial charge in [0.1, 0.15) is 22.8 Å². The molecular formula is C17H19N5O7S3. The van der Waals surface area contributed by atoms with E-state index >= 15 is 0 Å². The number of anilines is 1. The summed E-state index contributed by atoms with van der Waals surface area (Å²) in [7, 11) is 0. The van der Waals surface area contributed by atoms with Crippen molar-refractivity contribution < 1.29 is 34.2 Å². The summed E-state index contributed by atoms with van der Waals surface area (Å²) < 4.78 is 0. The van der Waals surface area contributed by atoms with Crippen molar-refractivity contribution in [2.75, 3.05) is 23.8 Å². The molecule has 12 nitrogen and oxygen atoms in total. The first-order valence-electron chi connectivity index (χ1n) is 9.22. The number of carbonyl (C=O) groups excluding carboxylic acids is 2. The van der Waals surface area contributed by atoms with E-state index in [9.17, 15) is 24.3 Å². The van der Waals surface area contributed by atoms with Crippen LogP contribution in [-0.2, 0) is 24.0 Å². The summed E-state index contributed by atoms with van der Waals surface area (Å²) in [5.41, 5.74) is 5.24. The van der Waals surface area contributed by atoms with Crippen LogP contribution < -0.4 is 11.1 Å². The van der Waals surface area contributed by atoms with Crippen LogP contribution in [0.2, 0.25) is 0 Å². The number of nitrogens with zero attached hydrogens (tertiary/aromatic N) is 3. The molecule has 1 saturated heterocycles. The van der Waals surface area contributed by atoms with Crippen molar-refractivity contribution in [2.24, 2.45) is 5.16 Å². The lowest BCUT2D eigenvalue weighted by Gasteiger charge is -2.49. The standard InChI is InChI=1S/C17H19N5O7S3/c1-2-3-30-8-6-31-15-11(14(26)22(15)12(8)16(27)28)20-13(25)10(21-29-4-9(23)24)7-5-32-17(18)19-7/h5,11,15H,2-4,6H2,1H3,(H2,18,19)(H,20,25)(H,23,24)(H,27,28)/b21-10-/t11?,15-/m0/s1. The predicted molar refractivity (Wildman–Crippen MR) is 119 cm³/mol. The average Bonchev–Trinajstić information content (AvgIpc) is 3.17. The van der Waals surface area contributed by atoms with Gasteiger partial charge >= 0.3 is 11.9 Å². The van der Waals surface area contributed by atoms with Crippen molar-refractivity contribution in [1.82, 2.24) is 15.2 Å². The van der Waals surface area contributed by atoms with Gasteiger partial charge in [-0.1, -0.05) is 12.1 Å². The zero-order valence-electron chi connectivity index (χ0n) is 16.6. The second-order valence-corrected chi connectivity index (χ2v) is 9.65. The SMILES string of the molecule is CCCSC1=C(C(=O)O)N2C(=O)C(NC(=O)/C(=N\OCC(=O)O)c3csc(N)n3)[C@@H]2SC1. The van der Waals surface area contributed by atoms with Gasteiger partial charge in [-0.25, -0.2) is 14.6 Å². The number of fused-ring (bicyclic) bond motifs is 1. The number of carbonyl (C=O) groups is 4. The molecule has 0 spiro atoms. The van der Waals surface area contributed by atoms with Crippen LogP contribution in [0.3, 0.4) is 0 Å². The molecule has 0 radical (unpaired) electrons. The van der Waals surface area contributed by atoms with Gasteiger partial charge in [-0.3, -0.25) is 14.5 Å². The van der Waals surface area contributed by atoms with Crippen LogP contribution in [0.4, 0.5) is 5.13 Å². The molecule has 1 aromatic rings. The van der Waals surface area contributed by atoms with Crippen molar-refractivity contribution in [3.05, 3.63) is 21.7 Å². The van der Waals surface area contributed by atoms with Crippen LogP contribution in [0.1, 0.15) is 19.0 Å². The van der Waals surface area contributed by atoms with Gasteiger partial charge in [0.05, 0.1) is 0 Å². The summed E-state index contributed by atoms with van der Waals surface area (Å²) in [6.45, 7) is 1.19. The molecule has 3 rings (SSSR count). The number of nitrogen functional groups attached to an aromatic ring is 1. The predicted octanol–water partition coefficient (Wildman–Crippen LogP) is 0.370. The van der Waals surface area contributed by atoms with E-state index < -0.39 is 41.8 Å². The Morgan fingerprint density at radius 1 is 1.44 bits per heavy atom. The number of carboxylic acid groups (broad SMARTS) is 2. The van der Waals surface area contributed by atoms with E-state index in [0.29, 0.717) is 10.7 Å². The molecule has 2 aliphatic rings. The molecule has 1 fully saturated rings. The maximum absolute atomic E-state index is 12.8. The number of hydrogen-bond donors (Lipinski definition) is 4. The molecular weight excluding hydrogens is 482 g/mol. The van der Waals surface area contributed by atoms with Crippen molar-refractivity contribution in [2.45, 2.75) is 24.8 Å². The third-order valence-electron chi connectivity index (χ3n) is 4.23. The number of amides is 2. The first-order valence-corrected chi connectivity index (χ1v) is 12.1. The number of oxime groups is 1. The fraction of sp³-hybridized carbons (Fsp3) is 0.412. The zero-order valence-corrected chi connectivity index (χ0v) is 19.1. The van der Waals surface area contributed by atoms with Gasteiger partial charge in [0, 0.05) is 16.0 Å². The van der Waals surface area contributed by atoms with E-state index in [-0.39, 0.29) is 22.2 Å². The lowest BCUT2D eigenvalue weighted by Crippen LogP contribution is -2.71. The molecule has 0 aromatic carbocycles. The normalized spacial score (nSPS) is 20.5. The minimum absolute atomic E-state index is 0.0553. The quantitative estimate of drug-likeness (QED) is 0.197. The Morgan fingerprint density at radius 2 is 2.19 bits per heavy atom. The van der Waals surface area contributed by atoms with E-state index in [2.05, 4.69) is 20.3 Å². The van der Waals surface area contributed by atoms with Crippen LogP contribution >= 0.6 is 34.9 Å². The molecule has 2 atom stereocenters. The fourth-order valence-corrected chi connectivity index (χ4v) is 5.94. The van der Waals surface area contributed by atoms with Gasteiger partial charge in [-0.05, 0) is 12.2 Å².